The Hall–Kier alpha value is -2.58. The second kappa shape index (κ2) is 7.92. The van der Waals surface area contributed by atoms with E-state index < -0.39 is 6.29 Å². The molecule has 0 radical (unpaired) electrons. The lowest BCUT2D eigenvalue weighted by Gasteiger charge is -2.34. The topological polar surface area (TPSA) is 97.3 Å². The average molecular weight is 430 g/mol. The number of fused-ring (bicyclic) bond motifs is 1. The van der Waals surface area contributed by atoms with Gasteiger partial charge in [0.1, 0.15) is 11.6 Å². The maximum absolute atomic E-state index is 12.5. The molecule has 3 N–H and O–H groups in total. The van der Waals surface area contributed by atoms with Gasteiger partial charge in [-0.1, -0.05) is 18.0 Å². The highest BCUT2D eigenvalue weighted by Crippen LogP contribution is 2.40. The molecule has 30 heavy (non-hydrogen) atoms. The zero-order chi connectivity index (χ0) is 20.7. The van der Waals surface area contributed by atoms with E-state index in [-0.39, 0.29) is 30.4 Å². The molecule has 5 rings (SSSR count). The van der Waals surface area contributed by atoms with Gasteiger partial charge < -0.3 is 15.4 Å². The van der Waals surface area contributed by atoms with E-state index in [1.807, 2.05) is 6.07 Å². The third kappa shape index (κ3) is 4.02. The number of hydrogen-bond donors (Lipinski definition) is 3. The summed E-state index contributed by atoms with van der Waals surface area (Å²) in [6.07, 6.45) is 4.65. The van der Waals surface area contributed by atoms with Gasteiger partial charge in [0.15, 0.2) is 12.9 Å². The molecular weight excluding hydrogens is 406 g/mol. The summed E-state index contributed by atoms with van der Waals surface area (Å²) < 4.78 is 7.22. The number of amides is 2. The molecule has 3 atom stereocenters. The summed E-state index contributed by atoms with van der Waals surface area (Å²) in [7, 11) is 0. The van der Waals surface area contributed by atoms with Crippen LogP contribution in [0.1, 0.15) is 50.0 Å². The van der Waals surface area contributed by atoms with Gasteiger partial charge in [-0.25, -0.2) is 4.68 Å². The van der Waals surface area contributed by atoms with Crippen LogP contribution in [-0.2, 0) is 9.59 Å². The largest absolute Gasteiger partial charge is 0.484 e. The Bertz CT molecular complexity index is 956. The molecule has 2 amide bonds. The minimum Gasteiger partial charge on any atom is -0.484 e. The number of carbonyl (C=O) groups excluding carboxylic acids is 2. The van der Waals surface area contributed by atoms with E-state index in [9.17, 15) is 9.59 Å². The van der Waals surface area contributed by atoms with Crippen LogP contribution in [0.4, 0.5) is 5.82 Å². The molecule has 1 saturated heterocycles. The fourth-order valence-electron chi connectivity index (χ4n) is 4.23. The summed E-state index contributed by atoms with van der Waals surface area (Å²) >= 11 is 5.87. The minimum absolute atomic E-state index is 0.0190. The van der Waals surface area contributed by atoms with E-state index in [1.54, 1.807) is 28.9 Å². The normalized spacial score (nSPS) is 25.5. The lowest BCUT2D eigenvalue weighted by Crippen LogP contribution is -2.57. The van der Waals surface area contributed by atoms with E-state index in [0.717, 1.165) is 37.8 Å². The van der Waals surface area contributed by atoms with Gasteiger partial charge in [0.2, 0.25) is 5.91 Å². The summed E-state index contributed by atoms with van der Waals surface area (Å²) in [6, 6.07) is 8.88. The molecular formula is C21H24ClN5O3. The third-order valence-electron chi connectivity index (χ3n) is 5.95. The summed E-state index contributed by atoms with van der Waals surface area (Å²) in [5.74, 6) is 1.31. The molecule has 2 aromatic rings. The summed E-state index contributed by atoms with van der Waals surface area (Å²) in [5, 5.41) is 14.7. The van der Waals surface area contributed by atoms with Crippen molar-refractivity contribution in [1.29, 1.82) is 0 Å². The average Bonchev–Trinajstić information content (AvgIpc) is 3.32. The van der Waals surface area contributed by atoms with Crippen molar-refractivity contribution in [2.24, 2.45) is 5.92 Å². The van der Waals surface area contributed by atoms with Crippen LogP contribution in [0.25, 0.3) is 0 Å². The fourth-order valence-corrected chi connectivity index (χ4v) is 4.36. The summed E-state index contributed by atoms with van der Waals surface area (Å²) in [6.45, 7) is -0.138. The van der Waals surface area contributed by atoms with Gasteiger partial charge in [0, 0.05) is 23.0 Å². The number of carbonyl (C=O) groups is 2. The Morgan fingerprint density at radius 1 is 1.23 bits per heavy atom. The predicted molar refractivity (Wildman–Crippen MR) is 111 cm³/mol. The molecule has 0 bridgehead atoms. The van der Waals surface area contributed by atoms with E-state index in [0.29, 0.717) is 22.5 Å². The number of aromatic nitrogens is 2. The molecule has 2 saturated carbocycles. The zero-order valence-electron chi connectivity index (χ0n) is 16.4. The SMILES string of the molecule is O=C(COc1ccc(Cl)cc1)Nc1cc(C2CC2)nn1C1NC(=O)C2CCCC2N1. The molecule has 8 nitrogen and oxygen atoms in total. The highest BCUT2D eigenvalue weighted by atomic mass is 35.5. The molecule has 158 valence electrons. The molecule has 2 heterocycles. The van der Waals surface area contributed by atoms with E-state index in [4.69, 9.17) is 21.4 Å². The van der Waals surface area contributed by atoms with Crippen molar-refractivity contribution < 1.29 is 14.3 Å². The van der Waals surface area contributed by atoms with Crippen LogP contribution in [0.3, 0.4) is 0 Å². The highest BCUT2D eigenvalue weighted by molar-refractivity contribution is 6.30. The van der Waals surface area contributed by atoms with Crippen LogP contribution in [0.15, 0.2) is 30.3 Å². The molecule has 3 fully saturated rings. The van der Waals surface area contributed by atoms with Crippen molar-refractivity contribution in [3.05, 3.63) is 41.0 Å². The number of hydrogen-bond acceptors (Lipinski definition) is 5. The maximum Gasteiger partial charge on any atom is 0.263 e. The molecule has 1 aromatic carbocycles. The van der Waals surface area contributed by atoms with E-state index >= 15 is 0 Å². The van der Waals surface area contributed by atoms with Gasteiger partial charge in [-0.05, 0) is 49.9 Å². The molecule has 2 aliphatic carbocycles. The monoisotopic (exact) mass is 429 g/mol. The van der Waals surface area contributed by atoms with Gasteiger partial charge in [0.25, 0.3) is 5.91 Å². The molecule has 3 aliphatic rings. The number of benzene rings is 1. The first kappa shape index (κ1) is 19.4. The standard InChI is InChI=1S/C21H24ClN5O3/c22-13-6-8-14(9-7-13)30-11-19(28)24-18-10-17(12-4-5-12)26-27(18)21-23-16-3-1-2-15(16)20(29)25-21/h6-10,12,15-16,21,23H,1-5,11H2,(H,24,28)(H,25,29). The Labute approximate surface area is 179 Å². The van der Waals surface area contributed by atoms with Crippen molar-refractivity contribution in [2.75, 3.05) is 11.9 Å². The van der Waals surface area contributed by atoms with Crippen LogP contribution in [0, 0.1) is 5.92 Å². The van der Waals surface area contributed by atoms with Crippen molar-refractivity contribution in [3.8, 4) is 5.75 Å². The predicted octanol–water partition coefficient (Wildman–Crippen LogP) is 2.78. The Morgan fingerprint density at radius 2 is 2.03 bits per heavy atom. The van der Waals surface area contributed by atoms with Crippen molar-refractivity contribution >= 4 is 29.2 Å². The van der Waals surface area contributed by atoms with Gasteiger partial charge in [-0.15, -0.1) is 0 Å². The number of rotatable bonds is 6. The summed E-state index contributed by atoms with van der Waals surface area (Å²) in [5.41, 5.74) is 0.938. The Balaban J connectivity index is 1.30. The van der Waals surface area contributed by atoms with Gasteiger partial charge >= 0.3 is 0 Å². The lowest BCUT2D eigenvalue weighted by molar-refractivity contribution is -0.130. The van der Waals surface area contributed by atoms with Crippen molar-refractivity contribution in [1.82, 2.24) is 20.4 Å². The second-order valence-electron chi connectivity index (χ2n) is 8.19. The van der Waals surface area contributed by atoms with Crippen LogP contribution >= 0.6 is 11.6 Å². The molecule has 0 spiro atoms. The Morgan fingerprint density at radius 3 is 2.80 bits per heavy atom. The van der Waals surface area contributed by atoms with Crippen LogP contribution in [-0.4, -0.2) is 34.2 Å². The second-order valence-corrected chi connectivity index (χ2v) is 8.62. The smallest absolute Gasteiger partial charge is 0.263 e. The van der Waals surface area contributed by atoms with Crippen molar-refractivity contribution in [2.45, 2.75) is 50.4 Å². The van der Waals surface area contributed by atoms with E-state index in [1.165, 1.54) is 0 Å². The first-order valence-corrected chi connectivity index (χ1v) is 10.8. The first-order valence-electron chi connectivity index (χ1n) is 10.4. The lowest BCUT2D eigenvalue weighted by atomic mass is 10.0. The zero-order valence-corrected chi connectivity index (χ0v) is 17.2. The minimum atomic E-state index is -0.475. The molecule has 9 heteroatoms. The van der Waals surface area contributed by atoms with E-state index in [2.05, 4.69) is 16.0 Å². The maximum atomic E-state index is 12.5. The van der Waals surface area contributed by atoms with Gasteiger partial charge in [-0.2, -0.15) is 5.10 Å². The third-order valence-corrected chi connectivity index (χ3v) is 6.20. The van der Waals surface area contributed by atoms with Crippen LogP contribution in [0.2, 0.25) is 5.02 Å². The number of nitrogens with one attached hydrogen (secondary N) is 3. The fraction of sp³-hybridized carbons (Fsp3) is 0.476. The number of nitrogens with zero attached hydrogens (tertiary/aromatic N) is 2. The van der Waals surface area contributed by atoms with Gasteiger partial charge in [0.05, 0.1) is 11.6 Å². The van der Waals surface area contributed by atoms with Gasteiger partial charge in [-0.3, -0.25) is 14.9 Å². The van der Waals surface area contributed by atoms with Crippen LogP contribution in [0.5, 0.6) is 5.75 Å². The molecule has 1 aliphatic heterocycles. The van der Waals surface area contributed by atoms with Crippen molar-refractivity contribution in [3.63, 3.8) is 0 Å². The quantitative estimate of drug-likeness (QED) is 0.656. The number of anilines is 1. The highest BCUT2D eigenvalue weighted by Gasteiger charge is 2.40. The summed E-state index contributed by atoms with van der Waals surface area (Å²) in [4.78, 5) is 25.0. The molecule has 1 aromatic heterocycles. The number of halogens is 1. The number of ether oxygens (including phenoxy) is 1. The Kier molecular flexibility index (Phi) is 5.12. The molecule has 3 unspecified atom stereocenters. The first-order chi connectivity index (χ1) is 14.6. The van der Waals surface area contributed by atoms with Crippen LogP contribution < -0.4 is 20.7 Å².